The molecule has 1 aromatic carbocycles. The minimum Gasteiger partial charge on any atom is -0.497 e. The number of hydrogen-bond acceptors (Lipinski definition) is 4. The second-order valence-electron chi connectivity index (χ2n) is 5.09. The zero-order chi connectivity index (χ0) is 15.4. The van der Waals surface area contributed by atoms with Gasteiger partial charge in [-0.2, -0.15) is 0 Å². The minimum absolute atomic E-state index is 0. The molecule has 0 aliphatic heterocycles. The topological polar surface area (TPSA) is 93.8 Å². The molecule has 120 valence electrons. The Morgan fingerprint density at radius 2 is 1.86 bits per heavy atom. The van der Waals surface area contributed by atoms with Crippen LogP contribution in [0.15, 0.2) is 29.3 Å². The molecule has 0 bridgehead atoms. The lowest BCUT2D eigenvalue weighted by Gasteiger charge is -2.20. The molecule has 0 saturated carbocycles. The second-order valence-corrected chi connectivity index (χ2v) is 7.74. The first kappa shape index (κ1) is 20.0. The van der Waals surface area contributed by atoms with Crippen molar-refractivity contribution in [1.29, 1.82) is 0 Å². The number of rotatable bonds is 5. The van der Waals surface area contributed by atoms with Gasteiger partial charge in [-0.3, -0.25) is 4.99 Å². The molecule has 0 spiro atoms. The lowest BCUT2D eigenvalue weighted by atomic mass is 10.2. The molecule has 0 radical (unpaired) electrons. The first-order valence-corrected chi connectivity index (χ1v) is 7.95. The van der Waals surface area contributed by atoms with Gasteiger partial charge in [-0.25, -0.2) is 8.42 Å². The van der Waals surface area contributed by atoms with Crippen LogP contribution in [0.1, 0.15) is 13.8 Å². The number of nitrogens with zero attached hydrogens (tertiary/aromatic N) is 1. The van der Waals surface area contributed by atoms with Gasteiger partial charge >= 0.3 is 0 Å². The zero-order valence-corrected chi connectivity index (χ0v) is 15.7. The standard InChI is InChI=1S/C13H21N3O3S.HI/c1-13(2,20(4,17)18)9-15-12(14)16-10-5-7-11(19-3)8-6-10;/h5-8H,9H2,1-4H3,(H3,14,15,16);1H. The van der Waals surface area contributed by atoms with Crippen LogP contribution >= 0.6 is 24.0 Å². The maximum absolute atomic E-state index is 11.5. The van der Waals surface area contributed by atoms with Crippen molar-refractivity contribution in [3.05, 3.63) is 24.3 Å². The SMILES string of the molecule is COc1ccc(NC(N)=NCC(C)(C)S(C)(=O)=O)cc1.I. The number of aliphatic imine (C=N–C) groups is 1. The van der Waals surface area contributed by atoms with E-state index in [0.29, 0.717) is 0 Å². The average Bonchev–Trinajstić information content (AvgIpc) is 2.36. The molecule has 0 saturated heterocycles. The van der Waals surface area contributed by atoms with Crippen LogP contribution in [-0.4, -0.2) is 39.0 Å². The van der Waals surface area contributed by atoms with Crippen LogP contribution in [0.25, 0.3) is 0 Å². The molecule has 6 nitrogen and oxygen atoms in total. The van der Waals surface area contributed by atoms with Gasteiger partial charge in [0.15, 0.2) is 15.8 Å². The van der Waals surface area contributed by atoms with Gasteiger partial charge in [0.25, 0.3) is 0 Å². The van der Waals surface area contributed by atoms with Gasteiger partial charge in [-0.05, 0) is 38.1 Å². The molecule has 0 fully saturated rings. The number of hydrogen-bond donors (Lipinski definition) is 2. The Morgan fingerprint density at radius 1 is 1.33 bits per heavy atom. The lowest BCUT2D eigenvalue weighted by molar-refractivity contribution is 0.415. The summed E-state index contributed by atoms with van der Waals surface area (Å²) in [5.41, 5.74) is 6.49. The highest BCUT2D eigenvalue weighted by molar-refractivity contribution is 14.0. The Kier molecular flexibility index (Phi) is 7.45. The number of halogens is 1. The van der Waals surface area contributed by atoms with E-state index in [0.717, 1.165) is 11.4 Å². The second kappa shape index (κ2) is 7.83. The molecular formula is C13H22IN3O3S. The molecule has 0 aliphatic carbocycles. The van der Waals surface area contributed by atoms with Crippen LogP contribution in [0, 0.1) is 0 Å². The van der Waals surface area contributed by atoms with Crippen molar-refractivity contribution in [2.75, 3.05) is 25.2 Å². The van der Waals surface area contributed by atoms with Crippen LogP contribution in [0.2, 0.25) is 0 Å². The summed E-state index contributed by atoms with van der Waals surface area (Å²) in [6.45, 7) is 3.33. The van der Waals surface area contributed by atoms with Gasteiger partial charge in [0.2, 0.25) is 0 Å². The van der Waals surface area contributed by atoms with Crippen molar-refractivity contribution in [2.45, 2.75) is 18.6 Å². The van der Waals surface area contributed by atoms with Gasteiger partial charge in [0, 0.05) is 11.9 Å². The molecule has 21 heavy (non-hydrogen) atoms. The number of methoxy groups -OCH3 is 1. The van der Waals surface area contributed by atoms with E-state index in [1.54, 1.807) is 45.2 Å². The van der Waals surface area contributed by atoms with E-state index in [2.05, 4.69) is 10.3 Å². The number of sulfone groups is 1. The monoisotopic (exact) mass is 427 g/mol. The summed E-state index contributed by atoms with van der Waals surface area (Å²) in [7, 11) is -1.60. The Balaban J connectivity index is 0.00000400. The van der Waals surface area contributed by atoms with Gasteiger partial charge in [0.1, 0.15) is 5.75 Å². The predicted octanol–water partition coefficient (Wildman–Crippen LogP) is 1.86. The Hall–Kier alpha value is -1.03. The molecular weight excluding hydrogens is 405 g/mol. The Labute approximate surface area is 143 Å². The number of guanidine groups is 1. The minimum atomic E-state index is -3.19. The zero-order valence-electron chi connectivity index (χ0n) is 12.6. The van der Waals surface area contributed by atoms with E-state index in [1.807, 2.05) is 0 Å². The van der Waals surface area contributed by atoms with Crippen molar-refractivity contribution in [3.8, 4) is 5.75 Å². The van der Waals surface area contributed by atoms with Gasteiger partial charge in [0.05, 0.1) is 18.4 Å². The fourth-order valence-corrected chi connectivity index (χ4v) is 1.55. The number of ether oxygens (including phenoxy) is 1. The summed E-state index contributed by atoms with van der Waals surface area (Å²) in [5.74, 6) is 0.913. The third-order valence-electron chi connectivity index (χ3n) is 3.00. The average molecular weight is 427 g/mol. The highest BCUT2D eigenvalue weighted by atomic mass is 127. The van der Waals surface area contributed by atoms with E-state index < -0.39 is 14.6 Å². The van der Waals surface area contributed by atoms with Crippen molar-refractivity contribution in [1.82, 2.24) is 0 Å². The number of benzene rings is 1. The van der Waals surface area contributed by atoms with Crippen LogP contribution < -0.4 is 15.8 Å². The smallest absolute Gasteiger partial charge is 0.193 e. The van der Waals surface area contributed by atoms with Crippen LogP contribution in [0.3, 0.4) is 0 Å². The largest absolute Gasteiger partial charge is 0.497 e. The van der Waals surface area contributed by atoms with Gasteiger partial charge < -0.3 is 15.8 Å². The third-order valence-corrected chi connectivity index (χ3v) is 5.13. The third kappa shape index (κ3) is 6.08. The summed E-state index contributed by atoms with van der Waals surface area (Å²) >= 11 is 0. The van der Waals surface area contributed by atoms with Gasteiger partial charge in [-0.1, -0.05) is 0 Å². The molecule has 0 aliphatic rings. The van der Waals surface area contributed by atoms with Crippen LogP contribution in [0.4, 0.5) is 5.69 Å². The molecule has 3 N–H and O–H groups in total. The van der Waals surface area contributed by atoms with Crippen LogP contribution in [-0.2, 0) is 9.84 Å². The maximum Gasteiger partial charge on any atom is 0.193 e. The summed E-state index contributed by atoms with van der Waals surface area (Å²) < 4.78 is 27.2. The van der Waals surface area contributed by atoms with E-state index in [1.165, 1.54) is 6.26 Å². The summed E-state index contributed by atoms with van der Waals surface area (Å²) in [4.78, 5) is 4.07. The van der Waals surface area contributed by atoms with E-state index in [9.17, 15) is 8.42 Å². The first-order valence-electron chi connectivity index (χ1n) is 6.06. The van der Waals surface area contributed by atoms with Crippen molar-refractivity contribution >= 4 is 45.5 Å². The maximum atomic E-state index is 11.5. The molecule has 8 heteroatoms. The Morgan fingerprint density at radius 3 is 2.29 bits per heavy atom. The van der Waals surface area contributed by atoms with E-state index in [-0.39, 0.29) is 36.5 Å². The molecule has 0 unspecified atom stereocenters. The number of anilines is 1. The first-order chi connectivity index (χ1) is 9.15. The molecule has 1 rings (SSSR count). The fourth-order valence-electron chi connectivity index (χ4n) is 1.25. The molecule has 0 aromatic heterocycles. The van der Waals surface area contributed by atoms with Gasteiger partial charge in [-0.15, -0.1) is 24.0 Å². The summed E-state index contributed by atoms with van der Waals surface area (Å²) in [6.07, 6.45) is 1.19. The quantitative estimate of drug-likeness (QED) is 0.425. The molecule has 0 amide bonds. The number of nitrogens with one attached hydrogen (secondary N) is 1. The Bertz CT molecular complexity index is 583. The molecule has 1 aromatic rings. The van der Waals surface area contributed by atoms with E-state index >= 15 is 0 Å². The number of nitrogens with two attached hydrogens (primary N) is 1. The normalized spacial score (nSPS) is 12.5. The molecule has 0 heterocycles. The van der Waals surface area contributed by atoms with Crippen LogP contribution in [0.5, 0.6) is 5.75 Å². The lowest BCUT2D eigenvalue weighted by Crippen LogP contribution is -2.36. The summed E-state index contributed by atoms with van der Waals surface area (Å²) in [6, 6.07) is 7.16. The highest BCUT2D eigenvalue weighted by Gasteiger charge is 2.29. The van der Waals surface area contributed by atoms with Crippen molar-refractivity contribution in [3.63, 3.8) is 0 Å². The highest BCUT2D eigenvalue weighted by Crippen LogP contribution is 2.16. The predicted molar refractivity (Wildman–Crippen MR) is 97.4 cm³/mol. The van der Waals surface area contributed by atoms with Crippen molar-refractivity contribution in [2.24, 2.45) is 10.7 Å². The van der Waals surface area contributed by atoms with E-state index in [4.69, 9.17) is 10.5 Å². The van der Waals surface area contributed by atoms with Crippen molar-refractivity contribution < 1.29 is 13.2 Å². The molecule has 0 atom stereocenters. The fraction of sp³-hybridized carbons (Fsp3) is 0.462. The summed E-state index contributed by atoms with van der Waals surface area (Å²) in [5, 5.41) is 2.89.